The average Bonchev–Trinajstić information content (AvgIpc) is 2.62. The Hall–Kier alpha value is -2.36. The Kier molecular flexibility index (Phi) is 3.51. The third-order valence-electron chi connectivity index (χ3n) is 2.94. The molecule has 1 N–H and O–H groups in total. The van der Waals surface area contributed by atoms with Crippen molar-refractivity contribution in [1.82, 2.24) is 4.57 Å². The molecule has 3 nitrogen and oxygen atoms in total. The van der Waals surface area contributed by atoms with Crippen molar-refractivity contribution in [3.05, 3.63) is 59.2 Å². The SMILES string of the molecule is Cc1cc(C=CC(=O)O)c(C)n1-c1cccc(F)c1. The lowest BCUT2D eigenvalue weighted by Crippen LogP contribution is -1.99. The van der Waals surface area contributed by atoms with Crippen molar-refractivity contribution in [2.24, 2.45) is 0 Å². The van der Waals surface area contributed by atoms with E-state index >= 15 is 0 Å². The van der Waals surface area contributed by atoms with Gasteiger partial charge < -0.3 is 9.67 Å². The summed E-state index contributed by atoms with van der Waals surface area (Å²) in [4.78, 5) is 10.5. The first-order chi connectivity index (χ1) is 8.99. The second-order valence-corrected chi connectivity index (χ2v) is 4.31. The van der Waals surface area contributed by atoms with E-state index in [2.05, 4.69) is 0 Å². The molecule has 0 amide bonds. The van der Waals surface area contributed by atoms with Gasteiger partial charge in [-0.25, -0.2) is 9.18 Å². The van der Waals surface area contributed by atoms with Crippen LogP contribution in [-0.2, 0) is 4.79 Å². The Morgan fingerprint density at radius 2 is 2.05 bits per heavy atom. The Balaban J connectivity index is 2.51. The fourth-order valence-electron chi connectivity index (χ4n) is 2.13. The normalized spacial score (nSPS) is 11.1. The predicted octanol–water partition coefficient (Wildman–Crippen LogP) is 3.33. The van der Waals surface area contributed by atoms with Gasteiger partial charge in [0.25, 0.3) is 0 Å². The number of carboxylic acid groups (broad SMARTS) is 1. The lowest BCUT2D eigenvalue weighted by Gasteiger charge is -2.09. The number of carboxylic acids is 1. The minimum atomic E-state index is -0.990. The van der Waals surface area contributed by atoms with Gasteiger partial charge >= 0.3 is 5.97 Å². The molecule has 0 fully saturated rings. The summed E-state index contributed by atoms with van der Waals surface area (Å²) in [5.41, 5.74) is 3.34. The number of nitrogens with zero attached hydrogens (tertiary/aromatic N) is 1. The van der Waals surface area contributed by atoms with Crippen LogP contribution in [0.3, 0.4) is 0 Å². The number of aryl methyl sites for hydroxylation is 1. The number of halogens is 1. The molecule has 0 saturated carbocycles. The number of hydrogen-bond donors (Lipinski definition) is 1. The first-order valence-corrected chi connectivity index (χ1v) is 5.85. The van der Waals surface area contributed by atoms with Gasteiger partial charge in [-0.15, -0.1) is 0 Å². The molecular formula is C15H14FNO2. The summed E-state index contributed by atoms with van der Waals surface area (Å²) in [5, 5.41) is 8.65. The quantitative estimate of drug-likeness (QED) is 0.859. The largest absolute Gasteiger partial charge is 0.478 e. The van der Waals surface area contributed by atoms with Crippen LogP contribution >= 0.6 is 0 Å². The van der Waals surface area contributed by atoms with Crippen LogP contribution < -0.4 is 0 Å². The van der Waals surface area contributed by atoms with Gasteiger partial charge in [0.15, 0.2) is 0 Å². The van der Waals surface area contributed by atoms with Crippen LogP contribution in [-0.4, -0.2) is 15.6 Å². The molecule has 0 saturated heterocycles. The summed E-state index contributed by atoms with van der Waals surface area (Å²) in [6, 6.07) is 8.18. The van der Waals surface area contributed by atoms with Gasteiger partial charge in [0, 0.05) is 23.2 Å². The molecular weight excluding hydrogens is 245 g/mol. The Morgan fingerprint density at radius 1 is 1.32 bits per heavy atom. The van der Waals surface area contributed by atoms with Gasteiger partial charge in [0.1, 0.15) is 5.82 Å². The summed E-state index contributed by atoms with van der Waals surface area (Å²) in [6.45, 7) is 3.77. The summed E-state index contributed by atoms with van der Waals surface area (Å²) in [5.74, 6) is -1.29. The van der Waals surface area contributed by atoms with Crippen molar-refractivity contribution < 1.29 is 14.3 Å². The van der Waals surface area contributed by atoms with Gasteiger partial charge in [0.2, 0.25) is 0 Å². The van der Waals surface area contributed by atoms with Gasteiger partial charge in [-0.05, 0) is 49.8 Å². The van der Waals surface area contributed by atoms with E-state index in [-0.39, 0.29) is 5.82 Å². The highest BCUT2D eigenvalue weighted by molar-refractivity contribution is 5.85. The van der Waals surface area contributed by atoms with Gasteiger partial charge in [-0.2, -0.15) is 0 Å². The Labute approximate surface area is 110 Å². The highest BCUT2D eigenvalue weighted by atomic mass is 19.1. The summed E-state index contributed by atoms with van der Waals surface area (Å²) in [7, 11) is 0. The molecule has 0 radical (unpaired) electrons. The van der Waals surface area contributed by atoms with Gasteiger partial charge in [0.05, 0.1) is 0 Å². The third kappa shape index (κ3) is 2.73. The van der Waals surface area contributed by atoms with Crippen molar-refractivity contribution in [3.8, 4) is 5.69 Å². The number of benzene rings is 1. The van der Waals surface area contributed by atoms with Crippen LogP contribution in [0.2, 0.25) is 0 Å². The Morgan fingerprint density at radius 3 is 2.68 bits per heavy atom. The maximum Gasteiger partial charge on any atom is 0.328 e. The fourth-order valence-corrected chi connectivity index (χ4v) is 2.13. The van der Waals surface area contributed by atoms with E-state index in [4.69, 9.17) is 5.11 Å². The molecule has 1 heterocycles. The summed E-state index contributed by atoms with van der Waals surface area (Å²) in [6.07, 6.45) is 2.64. The van der Waals surface area contributed by atoms with E-state index in [1.165, 1.54) is 12.1 Å². The van der Waals surface area contributed by atoms with E-state index < -0.39 is 5.97 Å². The van der Waals surface area contributed by atoms with E-state index in [0.29, 0.717) is 0 Å². The molecule has 0 aliphatic carbocycles. The molecule has 0 atom stereocenters. The second-order valence-electron chi connectivity index (χ2n) is 4.31. The van der Waals surface area contributed by atoms with Crippen LogP contribution in [0.25, 0.3) is 11.8 Å². The van der Waals surface area contributed by atoms with Crippen LogP contribution in [0.5, 0.6) is 0 Å². The molecule has 0 unspecified atom stereocenters. The number of carbonyl (C=O) groups is 1. The standard InChI is InChI=1S/C15H14FNO2/c1-10-8-12(6-7-15(18)19)11(2)17(10)14-5-3-4-13(16)9-14/h3-9H,1-2H3,(H,18,19). The fraction of sp³-hybridized carbons (Fsp3) is 0.133. The third-order valence-corrected chi connectivity index (χ3v) is 2.94. The van der Waals surface area contributed by atoms with Gasteiger partial charge in [-0.1, -0.05) is 6.07 Å². The molecule has 0 spiro atoms. The number of hydrogen-bond acceptors (Lipinski definition) is 1. The van der Waals surface area contributed by atoms with Crippen molar-refractivity contribution in [2.75, 3.05) is 0 Å². The zero-order valence-electron chi connectivity index (χ0n) is 10.7. The second kappa shape index (κ2) is 5.10. The number of aliphatic carboxylic acids is 1. The first kappa shape index (κ1) is 13.1. The lowest BCUT2D eigenvalue weighted by molar-refractivity contribution is -0.131. The molecule has 0 aliphatic heterocycles. The smallest absolute Gasteiger partial charge is 0.328 e. The minimum absolute atomic E-state index is 0.298. The molecule has 2 aromatic rings. The highest BCUT2D eigenvalue weighted by Gasteiger charge is 2.09. The van der Waals surface area contributed by atoms with E-state index in [9.17, 15) is 9.18 Å². The minimum Gasteiger partial charge on any atom is -0.478 e. The maximum atomic E-state index is 13.3. The molecule has 1 aromatic carbocycles. The van der Waals surface area contributed by atoms with E-state index in [1.807, 2.05) is 30.5 Å². The summed E-state index contributed by atoms with van der Waals surface area (Å²) >= 11 is 0. The molecule has 19 heavy (non-hydrogen) atoms. The van der Waals surface area contributed by atoms with Gasteiger partial charge in [-0.3, -0.25) is 0 Å². The highest BCUT2D eigenvalue weighted by Crippen LogP contribution is 2.22. The molecule has 98 valence electrons. The van der Waals surface area contributed by atoms with Crippen molar-refractivity contribution >= 4 is 12.0 Å². The number of aromatic nitrogens is 1. The first-order valence-electron chi connectivity index (χ1n) is 5.85. The molecule has 2 rings (SSSR count). The lowest BCUT2D eigenvalue weighted by atomic mass is 10.2. The monoisotopic (exact) mass is 259 g/mol. The van der Waals surface area contributed by atoms with Crippen molar-refractivity contribution in [3.63, 3.8) is 0 Å². The zero-order valence-corrected chi connectivity index (χ0v) is 10.7. The maximum absolute atomic E-state index is 13.3. The predicted molar refractivity (Wildman–Crippen MR) is 71.9 cm³/mol. The van der Waals surface area contributed by atoms with E-state index in [0.717, 1.165) is 28.7 Å². The number of rotatable bonds is 3. The average molecular weight is 259 g/mol. The van der Waals surface area contributed by atoms with E-state index in [1.54, 1.807) is 12.1 Å². The topological polar surface area (TPSA) is 42.2 Å². The van der Waals surface area contributed by atoms with Crippen LogP contribution in [0.1, 0.15) is 17.0 Å². The van der Waals surface area contributed by atoms with Crippen molar-refractivity contribution in [1.29, 1.82) is 0 Å². The Bertz CT molecular complexity index is 656. The van der Waals surface area contributed by atoms with Crippen LogP contribution in [0.4, 0.5) is 4.39 Å². The van der Waals surface area contributed by atoms with Crippen molar-refractivity contribution in [2.45, 2.75) is 13.8 Å². The van der Waals surface area contributed by atoms with Crippen LogP contribution in [0, 0.1) is 19.7 Å². The molecule has 1 aromatic heterocycles. The molecule has 0 bridgehead atoms. The molecule has 4 heteroatoms. The summed E-state index contributed by atoms with van der Waals surface area (Å²) < 4.78 is 15.2. The van der Waals surface area contributed by atoms with Crippen LogP contribution in [0.15, 0.2) is 36.4 Å². The zero-order chi connectivity index (χ0) is 14.0. The molecule has 0 aliphatic rings.